The first-order chi connectivity index (χ1) is 12.6. The first-order valence-electron chi connectivity index (χ1n) is 8.87. The van der Waals surface area contributed by atoms with Crippen LogP contribution in [0, 0.1) is 5.92 Å². The number of nitrogens with one attached hydrogen (secondary N) is 2. The lowest BCUT2D eigenvalue weighted by molar-refractivity contribution is 0.108. The van der Waals surface area contributed by atoms with Gasteiger partial charge in [-0.05, 0) is 24.5 Å². The molecule has 27 heavy (non-hydrogen) atoms. The van der Waals surface area contributed by atoms with Crippen molar-refractivity contribution in [3.8, 4) is 17.2 Å². The van der Waals surface area contributed by atoms with Crippen molar-refractivity contribution in [2.45, 2.75) is 26.8 Å². The molecule has 0 radical (unpaired) electrons. The molecule has 7 nitrogen and oxygen atoms in total. The molecular weight excluding hydrogens is 461 g/mol. The van der Waals surface area contributed by atoms with E-state index in [1.165, 1.54) is 0 Å². The molecule has 0 heterocycles. The summed E-state index contributed by atoms with van der Waals surface area (Å²) >= 11 is 0. The number of guanidine groups is 1. The highest BCUT2D eigenvalue weighted by Crippen LogP contribution is 2.39. The predicted octanol–water partition coefficient (Wildman–Crippen LogP) is 3.06. The second-order valence-electron chi connectivity index (χ2n) is 6.17. The molecule has 0 atom stereocenters. The predicted molar refractivity (Wildman–Crippen MR) is 120 cm³/mol. The molecule has 1 rings (SSSR count). The van der Waals surface area contributed by atoms with Crippen molar-refractivity contribution in [2.24, 2.45) is 10.9 Å². The molecule has 0 spiro atoms. The van der Waals surface area contributed by atoms with Gasteiger partial charge in [0.15, 0.2) is 17.5 Å². The van der Waals surface area contributed by atoms with Crippen LogP contribution in [0.2, 0.25) is 0 Å². The molecule has 0 amide bonds. The second kappa shape index (κ2) is 14.6. The Kier molecular flexibility index (Phi) is 13.8. The highest BCUT2D eigenvalue weighted by atomic mass is 127. The molecule has 0 aliphatic rings. The number of halogens is 1. The maximum atomic E-state index is 5.57. The lowest BCUT2D eigenvalue weighted by Crippen LogP contribution is -2.37. The summed E-state index contributed by atoms with van der Waals surface area (Å²) in [6.45, 7) is 7.17. The van der Waals surface area contributed by atoms with Crippen molar-refractivity contribution >= 4 is 29.9 Å². The fourth-order valence-corrected chi connectivity index (χ4v) is 2.40. The number of hydrogen-bond donors (Lipinski definition) is 2. The average molecular weight is 495 g/mol. The third-order valence-corrected chi connectivity index (χ3v) is 3.66. The molecule has 156 valence electrons. The van der Waals surface area contributed by atoms with E-state index < -0.39 is 0 Å². The normalized spacial score (nSPS) is 11.0. The summed E-state index contributed by atoms with van der Waals surface area (Å²) in [7, 11) is 6.56. The third-order valence-electron chi connectivity index (χ3n) is 3.66. The Morgan fingerprint density at radius 3 is 2.30 bits per heavy atom. The zero-order valence-electron chi connectivity index (χ0n) is 17.3. The smallest absolute Gasteiger partial charge is 0.203 e. The molecule has 0 aliphatic heterocycles. The first kappa shape index (κ1) is 25.6. The van der Waals surface area contributed by atoms with Crippen LogP contribution in [-0.2, 0) is 11.3 Å². The quantitative estimate of drug-likeness (QED) is 0.213. The van der Waals surface area contributed by atoms with Crippen LogP contribution in [0.15, 0.2) is 17.1 Å². The number of aliphatic imine (C=N–C) groups is 1. The Bertz CT molecular complexity index is 568. The Morgan fingerprint density at radius 1 is 1.04 bits per heavy atom. The Hall–Kier alpha value is -1.42. The van der Waals surface area contributed by atoms with Crippen LogP contribution < -0.4 is 24.8 Å². The fourth-order valence-electron chi connectivity index (χ4n) is 2.40. The third kappa shape index (κ3) is 8.87. The largest absolute Gasteiger partial charge is 0.493 e. The minimum Gasteiger partial charge on any atom is -0.493 e. The van der Waals surface area contributed by atoms with Gasteiger partial charge in [-0.2, -0.15) is 0 Å². The lowest BCUT2D eigenvalue weighted by Gasteiger charge is -2.17. The van der Waals surface area contributed by atoms with Crippen molar-refractivity contribution < 1.29 is 18.9 Å². The maximum Gasteiger partial charge on any atom is 0.203 e. The molecule has 0 bridgehead atoms. The van der Waals surface area contributed by atoms with E-state index in [4.69, 9.17) is 18.9 Å². The van der Waals surface area contributed by atoms with Gasteiger partial charge in [0, 0.05) is 38.9 Å². The van der Waals surface area contributed by atoms with Gasteiger partial charge >= 0.3 is 0 Å². The fraction of sp³-hybridized carbons (Fsp3) is 0.632. The number of nitrogens with zero attached hydrogens (tertiary/aromatic N) is 1. The van der Waals surface area contributed by atoms with Crippen LogP contribution >= 0.6 is 24.0 Å². The van der Waals surface area contributed by atoms with Crippen LogP contribution in [-0.4, -0.2) is 54.1 Å². The number of benzene rings is 1. The SMILES string of the molecule is CN=C(NCCCOCC(C)C)NCc1ccc(OC)c(OC)c1OC.I. The highest BCUT2D eigenvalue weighted by molar-refractivity contribution is 14.0. The molecule has 0 aliphatic carbocycles. The van der Waals surface area contributed by atoms with E-state index in [-0.39, 0.29) is 24.0 Å². The summed E-state index contributed by atoms with van der Waals surface area (Å²) in [6, 6.07) is 3.81. The molecule has 1 aromatic carbocycles. The summed E-state index contributed by atoms with van der Waals surface area (Å²) in [4.78, 5) is 4.24. The van der Waals surface area contributed by atoms with E-state index in [9.17, 15) is 0 Å². The van der Waals surface area contributed by atoms with Crippen LogP contribution in [0.5, 0.6) is 17.2 Å². The van der Waals surface area contributed by atoms with Gasteiger partial charge in [-0.3, -0.25) is 4.99 Å². The van der Waals surface area contributed by atoms with E-state index in [2.05, 4.69) is 29.5 Å². The van der Waals surface area contributed by atoms with Crippen molar-refractivity contribution in [3.63, 3.8) is 0 Å². The number of methoxy groups -OCH3 is 3. The van der Waals surface area contributed by atoms with E-state index in [1.54, 1.807) is 28.4 Å². The topological polar surface area (TPSA) is 73.3 Å². The van der Waals surface area contributed by atoms with Crippen molar-refractivity contribution in [1.82, 2.24) is 10.6 Å². The van der Waals surface area contributed by atoms with Gasteiger partial charge in [0.05, 0.1) is 21.3 Å². The Balaban J connectivity index is 0.00000676. The van der Waals surface area contributed by atoms with Gasteiger partial charge in [0.25, 0.3) is 0 Å². The van der Waals surface area contributed by atoms with Crippen LogP contribution in [0.1, 0.15) is 25.8 Å². The molecule has 8 heteroatoms. The van der Waals surface area contributed by atoms with Gasteiger partial charge in [-0.15, -0.1) is 24.0 Å². The molecule has 0 aromatic heterocycles. The molecule has 0 saturated carbocycles. The van der Waals surface area contributed by atoms with E-state index in [0.717, 1.165) is 37.7 Å². The average Bonchev–Trinajstić information content (AvgIpc) is 2.65. The van der Waals surface area contributed by atoms with Crippen molar-refractivity contribution in [3.05, 3.63) is 17.7 Å². The first-order valence-corrected chi connectivity index (χ1v) is 8.87. The second-order valence-corrected chi connectivity index (χ2v) is 6.17. The standard InChI is InChI=1S/C19H33N3O4.HI/c1-14(2)13-26-11-7-10-21-19(20-3)22-12-15-8-9-16(23-4)18(25-6)17(15)24-5;/h8-9,14H,7,10-13H2,1-6H3,(H2,20,21,22);1H. The number of hydrogen-bond acceptors (Lipinski definition) is 5. The minimum absolute atomic E-state index is 0. The zero-order chi connectivity index (χ0) is 19.4. The van der Waals surface area contributed by atoms with E-state index in [1.807, 2.05) is 12.1 Å². The molecule has 2 N–H and O–H groups in total. The van der Waals surface area contributed by atoms with Gasteiger partial charge < -0.3 is 29.6 Å². The molecule has 1 aromatic rings. The lowest BCUT2D eigenvalue weighted by atomic mass is 10.1. The van der Waals surface area contributed by atoms with Crippen molar-refractivity contribution in [1.29, 1.82) is 0 Å². The zero-order valence-corrected chi connectivity index (χ0v) is 19.6. The summed E-state index contributed by atoms with van der Waals surface area (Å²) in [5.74, 6) is 3.16. The maximum absolute atomic E-state index is 5.57. The summed E-state index contributed by atoms with van der Waals surface area (Å²) in [5, 5.41) is 6.56. The van der Waals surface area contributed by atoms with E-state index in [0.29, 0.717) is 29.7 Å². The van der Waals surface area contributed by atoms with Gasteiger partial charge in [0.1, 0.15) is 0 Å². The number of rotatable bonds is 11. The molecular formula is C19H34IN3O4. The number of ether oxygens (including phenoxy) is 4. The van der Waals surface area contributed by atoms with Gasteiger partial charge in [0.2, 0.25) is 5.75 Å². The molecule has 0 unspecified atom stereocenters. The summed E-state index contributed by atoms with van der Waals surface area (Å²) in [5.41, 5.74) is 0.952. The summed E-state index contributed by atoms with van der Waals surface area (Å²) < 4.78 is 21.8. The monoisotopic (exact) mass is 495 g/mol. The van der Waals surface area contributed by atoms with Gasteiger partial charge in [-0.1, -0.05) is 13.8 Å². The van der Waals surface area contributed by atoms with Crippen LogP contribution in [0.4, 0.5) is 0 Å². The highest BCUT2D eigenvalue weighted by Gasteiger charge is 2.15. The molecule has 0 saturated heterocycles. The van der Waals surface area contributed by atoms with Crippen LogP contribution in [0.25, 0.3) is 0 Å². The van der Waals surface area contributed by atoms with Gasteiger partial charge in [-0.25, -0.2) is 0 Å². The Labute approximate surface area is 180 Å². The van der Waals surface area contributed by atoms with Crippen molar-refractivity contribution in [2.75, 3.05) is 48.1 Å². The minimum atomic E-state index is 0. The van der Waals surface area contributed by atoms with E-state index >= 15 is 0 Å². The Morgan fingerprint density at radius 2 is 1.74 bits per heavy atom. The van der Waals surface area contributed by atoms with Crippen LogP contribution in [0.3, 0.4) is 0 Å². The summed E-state index contributed by atoms with van der Waals surface area (Å²) in [6.07, 6.45) is 0.924. The molecule has 0 fully saturated rings.